The van der Waals surface area contributed by atoms with Crippen LogP contribution in [0.1, 0.15) is 10.4 Å². The van der Waals surface area contributed by atoms with Crippen LogP contribution >= 0.6 is 45.6 Å². The van der Waals surface area contributed by atoms with Crippen molar-refractivity contribution >= 4 is 66.9 Å². The molecule has 0 aliphatic rings. The number of carbonyl (C=O) groups is 1. The number of nitrogens with zero attached hydrogens (tertiary/aromatic N) is 3. The van der Waals surface area contributed by atoms with Gasteiger partial charge in [-0.3, -0.25) is 14.2 Å². The van der Waals surface area contributed by atoms with Crippen LogP contribution in [0.3, 0.4) is 0 Å². The Morgan fingerprint density at radius 3 is 2.85 bits per heavy atom. The van der Waals surface area contributed by atoms with Gasteiger partial charge in [-0.15, -0.1) is 34.0 Å². The van der Waals surface area contributed by atoms with E-state index in [0.717, 1.165) is 21.0 Å². The third kappa shape index (κ3) is 3.55. The number of hydrogen-bond donors (Lipinski definition) is 1. The third-order valence-electron chi connectivity index (χ3n) is 4.05. The molecule has 0 atom stereocenters. The molecule has 138 valence electrons. The van der Waals surface area contributed by atoms with Crippen LogP contribution in [-0.2, 0) is 11.3 Å². The summed E-state index contributed by atoms with van der Waals surface area (Å²) in [6, 6.07) is 3.70. The summed E-state index contributed by atoms with van der Waals surface area (Å²) in [5, 5.41) is 5.65. The molecule has 4 heterocycles. The largest absolute Gasteiger partial charge is 0.300 e. The van der Waals surface area contributed by atoms with Gasteiger partial charge in [0.05, 0.1) is 26.6 Å². The Morgan fingerprint density at radius 2 is 2.11 bits per heavy atom. The highest BCUT2D eigenvalue weighted by Crippen LogP contribution is 2.32. The van der Waals surface area contributed by atoms with Crippen LogP contribution in [0.25, 0.3) is 20.8 Å². The lowest BCUT2D eigenvalue weighted by Gasteiger charge is -2.05. The zero-order valence-corrected chi connectivity index (χ0v) is 17.5. The van der Waals surface area contributed by atoms with Crippen LogP contribution in [0.15, 0.2) is 28.6 Å². The molecular formula is C17H13ClN4O2S3. The van der Waals surface area contributed by atoms with Crippen molar-refractivity contribution in [2.45, 2.75) is 20.4 Å². The van der Waals surface area contributed by atoms with Crippen molar-refractivity contribution in [1.82, 2.24) is 14.5 Å². The number of nitrogens with one attached hydrogen (secondary N) is 1. The number of thiazole rings is 1. The molecule has 1 N–H and O–H groups in total. The fraction of sp³-hybridized carbons (Fsp3) is 0.176. The van der Waals surface area contributed by atoms with Gasteiger partial charge < -0.3 is 5.32 Å². The molecule has 0 bridgehead atoms. The molecule has 27 heavy (non-hydrogen) atoms. The highest BCUT2D eigenvalue weighted by Gasteiger charge is 2.15. The summed E-state index contributed by atoms with van der Waals surface area (Å²) in [7, 11) is 0. The number of carbonyl (C=O) groups excluding carboxylic acids is 1. The first-order valence-electron chi connectivity index (χ1n) is 7.88. The van der Waals surface area contributed by atoms with Gasteiger partial charge in [-0.2, -0.15) is 0 Å². The summed E-state index contributed by atoms with van der Waals surface area (Å²) in [6.07, 6.45) is 1.42. The number of amides is 1. The minimum Gasteiger partial charge on any atom is -0.300 e. The zero-order valence-electron chi connectivity index (χ0n) is 14.3. The van der Waals surface area contributed by atoms with E-state index < -0.39 is 0 Å². The fourth-order valence-corrected chi connectivity index (χ4v) is 5.38. The number of anilines is 1. The number of aryl methyl sites for hydroxylation is 2. The van der Waals surface area contributed by atoms with Crippen molar-refractivity contribution in [1.29, 1.82) is 0 Å². The van der Waals surface area contributed by atoms with E-state index in [4.69, 9.17) is 11.6 Å². The van der Waals surface area contributed by atoms with Gasteiger partial charge in [0.2, 0.25) is 5.91 Å². The van der Waals surface area contributed by atoms with Crippen LogP contribution in [-0.4, -0.2) is 20.4 Å². The number of fused-ring (bicyclic) bond motifs is 1. The maximum atomic E-state index is 12.7. The van der Waals surface area contributed by atoms with E-state index in [-0.39, 0.29) is 18.0 Å². The molecule has 0 fully saturated rings. The predicted molar refractivity (Wildman–Crippen MR) is 112 cm³/mol. The molecule has 0 saturated heterocycles. The Morgan fingerprint density at radius 1 is 1.30 bits per heavy atom. The van der Waals surface area contributed by atoms with Gasteiger partial charge in [0.1, 0.15) is 11.4 Å². The van der Waals surface area contributed by atoms with Crippen LogP contribution < -0.4 is 10.9 Å². The van der Waals surface area contributed by atoms with E-state index in [1.54, 1.807) is 0 Å². The van der Waals surface area contributed by atoms with E-state index >= 15 is 0 Å². The smallest absolute Gasteiger partial charge is 0.262 e. The molecule has 4 aromatic heterocycles. The van der Waals surface area contributed by atoms with E-state index in [2.05, 4.69) is 15.3 Å². The normalized spacial score (nSPS) is 11.2. The Kier molecular flexibility index (Phi) is 4.85. The lowest BCUT2D eigenvalue weighted by atomic mass is 10.2. The summed E-state index contributed by atoms with van der Waals surface area (Å²) >= 11 is 10.2. The van der Waals surface area contributed by atoms with Gasteiger partial charge in [-0.25, -0.2) is 9.97 Å². The summed E-state index contributed by atoms with van der Waals surface area (Å²) in [5.74, 6) is -0.326. The highest BCUT2D eigenvalue weighted by molar-refractivity contribution is 7.20. The number of rotatable bonds is 4. The molecule has 0 unspecified atom stereocenters. The molecule has 0 aliphatic heterocycles. The first-order chi connectivity index (χ1) is 12.9. The minimum absolute atomic E-state index is 0.115. The van der Waals surface area contributed by atoms with E-state index in [0.29, 0.717) is 19.7 Å². The molecule has 0 spiro atoms. The Hall–Kier alpha value is -2.07. The Balaban J connectivity index is 1.52. The highest BCUT2D eigenvalue weighted by atomic mass is 35.5. The standard InChI is InChI=1S/C17H13ClN4O2S3/c1-8-9(2)26-15-14(8)16(24)22(7-19-15)5-13(23)21-17-20-10(6-25-17)11-3-4-12(18)27-11/h3-4,6-7H,5H2,1-2H3,(H,20,21,23). The Labute approximate surface area is 171 Å². The molecule has 4 aromatic rings. The maximum absolute atomic E-state index is 12.7. The predicted octanol–water partition coefficient (Wildman–Crippen LogP) is 4.55. The van der Waals surface area contributed by atoms with Crippen LogP contribution in [0.2, 0.25) is 4.34 Å². The topological polar surface area (TPSA) is 76.9 Å². The van der Waals surface area contributed by atoms with Gasteiger partial charge >= 0.3 is 0 Å². The molecule has 0 aliphatic carbocycles. The lowest BCUT2D eigenvalue weighted by molar-refractivity contribution is -0.116. The molecule has 0 radical (unpaired) electrons. The van der Waals surface area contributed by atoms with Gasteiger partial charge in [0.15, 0.2) is 5.13 Å². The van der Waals surface area contributed by atoms with Crippen LogP contribution in [0.4, 0.5) is 5.13 Å². The van der Waals surface area contributed by atoms with E-state index in [9.17, 15) is 9.59 Å². The number of aromatic nitrogens is 3. The molecule has 4 rings (SSSR count). The average Bonchev–Trinajstić information content (AvgIpc) is 3.31. The van der Waals surface area contributed by atoms with Crippen molar-refractivity contribution in [3.05, 3.63) is 49.0 Å². The van der Waals surface area contributed by atoms with E-state index in [1.165, 1.54) is 44.9 Å². The van der Waals surface area contributed by atoms with Crippen LogP contribution in [0, 0.1) is 13.8 Å². The monoisotopic (exact) mass is 436 g/mol. The number of thiophene rings is 2. The minimum atomic E-state index is -0.326. The van der Waals surface area contributed by atoms with Crippen LogP contribution in [0.5, 0.6) is 0 Å². The van der Waals surface area contributed by atoms with E-state index in [1.807, 2.05) is 31.4 Å². The second-order valence-corrected chi connectivity index (χ2v) is 9.61. The molecule has 0 aromatic carbocycles. The van der Waals surface area contributed by atoms with Crippen molar-refractivity contribution < 1.29 is 4.79 Å². The number of hydrogen-bond acceptors (Lipinski definition) is 7. The van der Waals surface area contributed by atoms with Gasteiger partial charge in [0, 0.05) is 10.3 Å². The molecule has 10 heteroatoms. The molecule has 1 amide bonds. The van der Waals surface area contributed by atoms with Crippen molar-refractivity contribution in [3.63, 3.8) is 0 Å². The third-order valence-corrected chi connectivity index (χ3v) is 7.17. The summed E-state index contributed by atoms with van der Waals surface area (Å²) < 4.78 is 2.01. The summed E-state index contributed by atoms with van der Waals surface area (Å²) in [6.45, 7) is 3.74. The first kappa shape index (κ1) is 18.3. The van der Waals surface area contributed by atoms with Gasteiger partial charge in [0.25, 0.3) is 5.56 Å². The zero-order chi connectivity index (χ0) is 19.1. The summed E-state index contributed by atoms with van der Waals surface area (Å²) in [4.78, 5) is 36.4. The maximum Gasteiger partial charge on any atom is 0.262 e. The SMILES string of the molecule is Cc1sc2ncn(CC(=O)Nc3nc(-c4ccc(Cl)s4)cs3)c(=O)c2c1C. The van der Waals surface area contributed by atoms with Crippen molar-refractivity contribution in [3.8, 4) is 10.6 Å². The fourth-order valence-electron chi connectivity index (χ4n) is 2.59. The van der Waals surface area contributed by atoms with Crippen molar-refractivity contribution in [2.24, 2.45) is 0 Å². The first-order valence-corrected chi connectivity index (χ1v) is 10.8. The van der Waals surface area contributed by atoms with Crippen molar-refractivity contribution in [2.75, 3.05) is 5.32 Å². The molecular weight excluding hydrogens is 424 g/mol. The van der Waals surface area contributed by atoms with Gasteiger partial charge in [-0.05, 0) is 31.5 Å². The quantitative estimate of drug-likeness (QED) is 0.509. The second kappa shape index (κ2) is 7.16. The Bertz CT molecular complexity index is 1220. The second-order valence-electron chi connectivity index (χ2n) is 5.83. The number of halogens is 1. The lowest BCUT2D eigenvalue weighted by Crippen LogP contribution is -2.27. The summed E-state index contributed by atoms with van der Waals surface area (Å²) in [5.41, 5.74) is 1.48. The molecule has 0 saturated carbocycles. The molecule has 6 nitrogen and oxygen atoms in total. The van der Waals surface area contributed by atoms with Gasteiger partial charge in [-0.1, -0.05) is 11.6 Å². The average molecular weight is 437 g/mol.